The number of rotatable bonds is 22. The number of hydrazine groups is 1. The molecular formula is C44H47N17O3S3. The van der Waals surface area contributed by atoms with E-state index in [4.69, 9.17) is 27.0 Å². The van der Waals surface area contributed by atoms with Gasteiger partial charge >= 0.3 is 5.56 Å². The second kappa shape index (κ2) is 22.4. The molecule has 0 spiro atoms. The number of nitrogens with two attached hydrogens (primary N) is 3. The van der Waals surface area contributed by atoms with E-state index in [0.717, 1.165) is 51.5 Å². The van der Waals surface area contributed by atoms with Gasteiger partial charge in [-0.15, -0.1) is 26.7 Å². The van der Waals surface area contributed by atoms with E-state index in [1.807, 2.05) is 90.3 Å². The van der Waals surface area contributed by atoms with E-state index in [-0.39, 0.29) is 29.9 Å². The van der Waals surface area contributed by atoms with Gasteiger partial charge in [0.05, 0.1) is 49.6 Å². The van der Waals surface area contributed by atoms with Crippen LogP contribution in [0.3, 0.4) is 0 Å². The highest BCUT2D eigenvalue weighted by atomic mass is 32.2. The first-order valence-corrected chi connectivity index (χ1v) is 23.9. The lowest BCUT2D eigenvalue weighted by Gasteiger charge is -2.15. The number of azo groups is 1. The number of nitrogens with one attached hydrogen (secondary N) is 3. The Balaban J connectivity index is 0.802. The van der Waals surface area contributed by atoms with Crippen molar-refractivity contribution in [1.29, 1.82) is 0 Å². The summed E-state index contributed by atoms with van der Waals surface area (Å²) in [6.07, 6.45) is 4.05. The Morgan fingerprint density at radius 2 is 1.76 bits per heavy atom. The minimum atomic E-state index is -0.429. The molecule has 5 heterocycles. The van der Waals surface area contributed by atoms with Gasteiger partial charge in [-0.05, 0) is 17.5 Å². The molecule has 3 aromatic carbocycles. The molecule has 0 aliphatic rings. The van der Waals surface area contributed by atoms with Crippen LogP contribution in [0, 0.1) is 0 Å². The highest BCUT2D eigenvalue weighted by Crippen LogP contribution is 2.31. The summed E-state index contributed by atoms with van der Waals surface area (Å²) < 4.78 is 8.82. The van der Waals surface area contributed by atoms with Gasteiger partial charge in [-0.1, -0.05) is 120 Å². The zero-order chi connectivity index (χ0) is 46.5. The maximum absolute atomic E-state index is 13.7. The monoisotopic (exact) mass is 957 g/mol. The Morgan fingerprint density at radius 3 is 2.52 bits per heavy atom. The number of amides is 1. The number of fused-ring (bicyclic) bond motifs is 1. The van der Waals surface area contributed by atoms with Crippen molar-refractivity contribution in [2.75, 3.05) is 50.5 Å². The standard InChI is InChI=1S/C44H47N17O3S3/c1-2-23-65-43-52-38(48-18-17-45)37-39(53-43)60(58-55-37)25-28-13-15-29(16-14-28)32(46)26-59(47)20-22-64-21-19-49-40(62)34-24-50-42(67-34)56-54-36-35(31-11-7-4-8-12-31)57-61(41(36)63)44-51-33(27-66-44)30-9-5-3-6-10-30/h3-16,24,26-27,57H,2,17-23,25,45-47H2,1H3,(H,49,62)(H,48,52,53)/b32-26-,56-54?. The van der Waals surface area contributed by atoms with E-state index in [1.165, 1.54) is 27.2 Å². The van der Waals surface area contributed by atoms with Crippen molar-refractivity contribution < 1.29 is 9.53 Å². The van der Waals surface area contributed by atoms with Crippen LogP contribution in [0.5, 0.6) is 0 Å². The normalized spacial score (nSPS) is 11.8. The molecule has 0 atom stereocenters. The van der Waals surface area contributed by atoms with Gasteiger partial charge in [0.15, 0.2) is 27.8 Å². The number of ether oxygens (including phenoxy) is 1. The molecule has 0 saturated heterocycles. The van der Waals surface area contributed by atoms with Crippen LogP contribution < -0.4 is 33.5 Å². The molecule has 0 fully saturated rings. The van der Waals surface area contributed by atoms with Gasteiger partial charge in [0, 0.05) is 48.1 Å². The zero-order valence-corrected chi connectivity index (χ0v) is 38.7. The summed E-state index contributed by atoms with van der Waals surface area (Å²) in [5, 5.41) is 31.1. The van der Waals surface area contributed by atoms with E-state index < -0.39 is 5.56 Å². The number of carbonyl (C=O) groups is 1. The predicted octanol–water partition coefficient (Wildman–Crippen LogP) is 6.16. The molecule has 9 N–H and O–H groups in total. The van der Waals surface area contributed by atoms with E-state index in [2.05, 4.69) is 58.1 Å². The Bertz CT molecular complexity index is 3020. The molecule has 20 nitrogen and oxygen atoms in total. The van der Waals surface area contributed by atoms with Crippen LogP contribution >= 0.6 is 34.4 Å². The van der Waals surface area contributed by atoms with Gasteiger partial charge in [0.1, 0.15) is 4.88 Å². The number of aromatic amines is 1. The summed E-state index contributed by atoms with van der Waals surface area (Å²) in [5.41, 5.74) is 18.1. The molecule has 0 aliphatic heterocycles. The van der Waals surface area contributed by atoms with Crippen molar-refractivity contribution in [2.45, 2.75) is 25.0 Å². The van der Waals surface area contributed by atoms with Gasteiger partial charge < -0.3 is 31.8 Å². The molecule has 23 heteroatoms. The molecule has 0 unspecified atom stereocenters. The summed E-state index contributed by atoms with van der Waals surface area (Å²) in [6.45, 7) is 4.72. The molecule has 67 heavy (non-hydrogen) atoms. The number of carbonyl (C=O) groups excluding carboxylic acids is 1. The number of hydrogen-bond acceptors (Lipinski definition) is 19. The highest BCUT2D eigenvalue weighted by Gasteiger charge is 2.20. The van der Waals surface area contributed by atoms with E-state index >= 15 is 0 Å². The molecule has 1 amide bonds. The largest absolute Gasteiger partial charge is 0.397 e. The Labute approximate surface area is 396 Å². The van der Waals surface area contributed by atoms with Gasteiger partial charge in [0.25, 0.3) is 5.91 Å². The number of anilines is 1. The minimum Gasteiger partial charge on any atom is -0.397 e. The third-order valence-corrected chi connectivity index (χ3v) is 12.6. The van der Waals surface area contributed by atoms with Crippen LogP contribution in [-0.2, 0) is 11.3 Å². The smallest absolute Gasteiger partial charge is 0.301 e. The van der Waals surface area contributed by atoms with E-state index in [9.17, 15) is 9.59 Å². The second-order valence-electron chi connectivity index (χ2n) is 14.7. The third kappa shape index (κ3) is 11.6. The average molecular weight is 958 g/mol. The highest BCUT2D eigenvalue weighted by molar-refractivity contribution is 7.99. The fourth-order valence-corrected chi connectivity index (χ4v) is 8.62. The Morgan fingerprint density at radius 1 is 0.985 bits per heavy atom. The molecule has 8 rings (SSSR count). The molecule has 5 aromatic heterocycles. The lowest BCUT2D eigenvalue weighted by molar-refractivity contribution is 0.0902. The van der Waals surface area contributed by atoms with Crippen LogP contribution in [0.25, 0.3) is 44.5 Å². The van der Waals surface area contributed by atoms with Crippen molar-refractivity contribution in [3.8, 4) is 27.6 Å². The molecular weight excluding hydrogens is 911 g/mol. The lowest BCUT2D eigenvalue weighted by atomic mass is 10.1. The quantitative estimate of drug-likeness (QED) is 0.0111. The first-order chi connectivity index (χ1) is 32.8. The number of hydrogen-bond donors (Lipinski definition) is 6. The van der Waals surface area contributed by atoms with Gasteiger partial charge in [-0.3, -0.25) is 14.7 Å². The van der Waals surface area contributed by atoms with Gasteiger partial charge in [-0.2, -0.15) is 4.68 Å². The van der Waals surface area contributed by atoms with Crippen LogP contribution in [0.4, 0.5) is 16.6 Å². The van der Waals surface area contributed by atoms with Gasteiger partial charge in [0.2, 0.25) is 10.3 Å². The molecule has 8 aromatic rings. The molecule has 0 bridgehead atoms. The Hall–Kier alpha value is -7.15. The van der Waals surface area contributed by atoms with E-state index in [0.29, 0.717) is 76.3 Å². The first kappa shape index (κ1) is 46.4. The SMILES string of the molecule is CCCSc1nc(NCCN)c2nnn(Cc3ccc(/C(N)=C/N(N)CCOCCNC(=O)c4cnc(N=Nc5c(-c6ccccc6)[nH]n(-c6nc(-c7ccccc7)cs6)c5=O)s4)cc3)c2n1. The van der Waals surface area contributed by atoms with E-state index in [1.54, 1.807) is 22.6 Å². The van der Waals surface area contributed by atoms with Crippen LogP contribution in [0.1, 0.15) is 34.1 Å². The Kier molecular flexibility index (Phi) is 15.5. The number of aromatic nitrogens is 9. The van der Waals surface area contributed by atoms with Crippen molar-refractivity contribution in [2.24, 2.45) is 27.5 Å². The van der Waals surface area contributed by atoms with Crippen molar-refractivity contribution in [1.82, 2.24) is 55.0 Å². The number of thiazole rings is 2. The molecule has 344 valence electrons. The average Bonchev–Trinajstić information content (AvgIpc) is 4.18. The van der Waals surface area contributed by atoms with Crippen LogP contribution in [0.15, 0.2) is 123 Å². The maximum atomic E-state index is 13.7. The number of benzene rings is 3. The fraction of sp³-hybridized carbons (Fsp3) is 0.227. The summed E-state index contributed by atoms with van der Waals surface area (Å²) in [4.78, 5) is 45.3. The van der Waals surface area contributed by atoms with Crippen molar-refractivity contribution in [3.05, 3.63) is 129 Å². The van der Waals surface area contributed by atoms with Crippen molar-refractivity contribution in [3.63, 3.8) is 0 Å². The summed E-state index contributed by atoms with van der Waals surface area (Å²) in [5.74, 6) is 7.38. The summed E-state index contributed by atoms with van der Waals surface area (Å²) in [7, 11) is 0. The second-order valence-corrected chi connectivity index (χ2v) is 17.6. The summed E-state index contributed by atoms with van der Waals surface area (Å²) in [6, 6.07) is 26.8. The summed E-state index contributed by atoms with van der Waals surface area (Å²) >= 11 is 3.96. The predicted molar refractivity (Wildman–Crippen MR) is 263 cm³/mol. The first-order valence-electron chi connectivity index (χ1n) is 21.2. The zero-order valence-electron chi connectivity index (χ0n) is 36.3. The van der Waals surface area contributed by atoms with Crippen LogP contribution in [-0.4, -0.2) is 101 Å². The number of H-pyrrole nitrogens is 1. The third-order valence-electron chi connectivity index (χ3n) is 9.80. The van der Waals surface area contributed by atoms with Crippen molar-refractivity contribution >= 4 is 73.8 Å². The molecule has 0 radical (unpaired) electrons. The topological polar surface area (TPSA) is 276 Å². The molecule has 0 aliphatic carbocycles. The lowest BCUT2D eigenvalue weighted by Crippen LogP contribution is -2.31. The van der Waals surface area contributed by atoms with Crippen LogP contribution in [0.2, 0.25) is 0 Å². The van der Waals surface area contributed by atoms with Gasteiger partial charge in [-0.25, -0.2) is 30.5 Å². The maximum Gasteiger partial charge on any atom is 0.301 e. The number of nitrogens with zero attached hydrogens (tertiary/aromatic N) is 11. The molecule has 0 saturated carbocycles. The number of thioether (sulfide) groups is 1. The fourth-order valence-electron chi connectivity index (χ4n) is 6.48. The minimum absolute atomic E-state index is 0.0805.